The molecule has 2 aromatic rings. The number of aromatic nitrogens is 1. The molecule has 2 N–H and O–H groups in total. The number of rotatable bonds is 4. The van der Waals surface area contributed by atoms with Crippen LogP contribution >= 0.6 is 15.9 Å². The maximum absolute atomic E-state index is 12.9. The van der Waals surface area contributed by atoms with E-state index in [1.165, 1.54) is 28.8 Å². The minimum absolute atomic E-state index is 0.143. The van der Waals surface area contributed by atoms with Crippen LogP contribution < -0.4 is 16.0 Å². The van der Waals surface area contributed by atoms with Gasteiger partial charge in [-0.05, 0) is 40.2 Å². The number of halogens is 2. The van der Waals surface area contributed by atoms with Gasteiger partial charge in [0.25, 0.3) is 5.56 Å². The van der Waals surface area contributed by atoms with Gasteiger partial charge in [0.1, 0.15) is 18.2 Å². The second-order valence-corrected chi connectivity index (χ2v) is 4.77. The van der Waals surface area contributed by atoms with E-state index in [1.54, 1.807) is 12.3 Å². The van der Waals surface area contributed by atoms with Crippen molar-refractivity contribution in [3.8, 4) is 5.75 Å². The fourth-order valence-electron chi connectivity index (χ4n) is 1.57. The molecule has 4 nitrogen and oxygen atoms in total. The number of benzene rings is 1. The molecule has 0 spiro atoms. The van der Waals surface area contributed by atoms with Crippen LogP contribution in [0.1, 0.15) is 0 Å². The Kier molecular flexibility index (Phi) is 4.21. The highest BCUT2D eigenvalue weighted by Crippen LogP contribution is 2.25. The minimum atomic E-state index is -0.341. The lowest BCUT2D eigenvalue weighted by molar-refractivity contribution is 0.294. The third-order valence-electron chi connectivity index (χ3n) is 2.49. The van der Waals surface area contributed by atoms with Crippen LogP contribution in [-0.4, -0.2) is 11.2 Å². The number of hydrogen-bond donors (Lipinski definition) is 1. The highest BCUT2D eigenvalue weighted by molar-refractivity contribution is 9.10. The van der Waals surface area contributed by atoms with Crippen molar-refractivity contribution in [2.75, 3.05) is 12.3 Å². The lowest BCUT2D eigenvalue weighted by atomic mass is 10.3. The second kappa shape index (κ2) is 5.88. The molecule has 1 heterocycles. The SMILES string of the molecule is Nc1ccc(=O)n(CCOc2ccc(F)cc2Br)c1. The van der Waals surface area contributed by atoms with Crippen LogP contribution in [0.25, 0.3) is 0 Å². The predicted octanol–water partition coefficient (Wildman–Crippen LogP) is 2.41. The van der Waals surface area contributed by atoms with Crippen LogP contribution in [0.15, 0.2) is 45.8 Å². The number of nitrogens with two attached hydrogens (primary N) is 1. The first-order chi connectivity index (χ1) is 9.06. The molecule has 0 fully saturated rings. The van der Waals surface area contributed by atoms with E-state index in [-0.39, 0.29) is 18.0 Å². The summed E-state index contributed by atoms with van der Waals surface area (Å²) in [5.41, 5.74) is 5.98. The van der Waals surface area contributed by atoms with Gasteiger partial charge in [0.05, 0.1) is 11.0 Å². The van der Waals surface area contributed by atoms with Crippen molar-refractivity contribution in [2.45, 2.75) is 6.54 Å². The summed E-state index contributed by atoms with van der Waals surface area (Å²) in [5.74, 6) is 0.185. The Balaban J connectivity index is 2.00. The molecule has 0 amide bonds. The molecule has 0 aliphatic rings. The summed E-state index contributed by atoms with van der Waals surface area (Å²) in [4.78, 5) is 11.5. The smallest absolute Gasteiger partial charge is 0.250 e. The van der Waals surface area contributed by atoms with E-state index < -0.39 is 0 Å². The number of hydrogen-bond acceptors (Lipinski definition) is 3. The van der Waals surface area contributed by atoms with Gasteiger partial charge in [0, 0.05) is 18.0 Å². The molecule has 6 heteroatoms. The number of nitrogens with zero attached hydrogens (tertiary/aromatic N) is 1. The zero-order valence-electron chi connectivity index (χ0n) is 9.98. The van der Waals surface area contributed by atoms with Crippen molar-refractivity contribution in [1.29, 1.82) is 0 Å². The van der Waals surface area contributed by atoms with E-state index in [2.05, 4.69) is 15.9 Å². The van der Waals surface area contributed by atoms with Gasteiger partial charge in [-0.2, -0.15) is 0 Å². The predicted molar refractivity (Wildman–Crippen MR) is 74.7 cm³/mol. The Morgan fingerprint density at radius 2 is 2.11 bits per heavy atom. The monoisotopic (exact) mass is 326 g/mol. The molecule has 0 bridgehead atoms. The normalized spacial score (nSPS) is 10.4. The quantitative estimate of drug-likeness (QED) is 0.938. The van der Waals surface area contributed by atoms with E-state index >= 15 is 0 Å². The standard InChI is InChI=1S/C13H12BrFN2O2/c14-11-7-9(15)1-3-12(11)19-6-5-17-8-10(16)2-4-13(17)18/h1-4,7-8H,5-6,16H2. The second-order valence-electron chi connectivity index (χ2n) is 3.92. The fraction of sp³-hybridized carbons (Fsp3) is 0.154. The van der Waals surface area contributed by atoms with Gasteiger partial charge in [-0.15, -0.1) is 0 Å². The van der Waals surface area contributed by atoms with E-state index in [9.17, 15) is 9.18 Å². The third-order valence-corrected chi connectivity index (χ3v) is 3.11. The zero-order chi connectivity index (χ0) is 13.8. The van der Waals surface area contributed by atoms with Crippen LogP contribution in [0.3, 0.4) is 0 Å². The van der Waals surface area contributed by atoms with E-state index in [0.717, 1.165) is 0 Å². The van der Waals surface area contributed by atoms with E-state index in [4.69, 9.17) is 10.5 Å². The van der Waals surface area contributed by atoms with Gasteiger partial charge >= 0.3 is 0 Å². The summed E-state index contributed by atoms with van der Waals surface area (Å²) in [7, 11) is 0. The summed E-state index contributed by atoms with van der Waals surface area (Å²) in [5, 5.41) is 0. The molecule has 1 aromatic heterocycles. The summed E-state index contributed by atoms with van der Waals surface area (Å²) in [6, 6.07) is 7.12. The van der Waals surface area contributed by atoms with Gasteiger partial charge in [-0.3, -0.25) is 4.79 Å². The summed E-state index contributed by atoms with van der Waals surface area (Å²) in [6.07, 6.45) is 1.56. The maximum atomic E-state index is 12.9. The van der Waals surface area contributed by atoms with Crippen molar-refractivity contribution in [1.82, 2.24) is 4.57 Å². The average molecular weight is 327 g/mol. The van der Waals surface area contributed by atoms with E-state index in [0.29, 0.717) is 22.5 Å². The number of ether oxygens (including phenoxy) is 1. The lowest BCUT2D eigenvalue weighted by Crippen LogP contribution is -2.22. The fourth-order valence-corrected chi connectivity index (χ4v) is 2.04. The van der Waals surface area contributed by atoms with Gasteiger partial charge in [-0.1, -0.05) is 0 Å². The first kappa shape index (κ1) is 13.6. The first-order valence-corrected chi connectivity index (χ1v) is 6.39. The van der Waals surface area contributed by atoms with Crippen molar-refractivity contribution in [3.63, 3.8) is 0 Å². The minimum Gasteiger partial charge on any atom is -0.491 e. The maximum Gasteiger partial charge on any atom is 0.250 e. The third kappa shape index (κ3) is 3.57. The number of pyridine rings is 1. The van der Waals surface area contributed by atoms with Gasteiger partial charge in [0.2, 0.25) is 0 Å². The summed E-state index contributed by atoms with van der Waals surface area (Å²) < 4.78 is 20.4. The van der Waals surface area contributed by atoms with Gasteiger partial charge in [0.15, 0.2) is 0 Å². The molecule has 1 aromatic carbocycles. The van der Waals surface area contributed by atoms with Crippen LogP contribution in [-0.2, 0) is 6.54 Å². The molecule has 19 heavy (non-hydrogen) atoms. The van der Waals surface area contributed by atoms with Crippen molar-refractivity contribution >= 4 is 21.6 Å². The summed E-state index contributed by atoms with van der Waals surface area (Å²) >= 11 is 3.21. The van der Waals surface area contributed by atoms with E-state index in [1.807, 2.05) is 0 Å². The molecule has 0 atom stereocenters. The Morgan fingerprint density at radius 3 is 2.84 bits per heavy atom. The molecular formula is C13H12BrFN2O2. The van der Waals surface area contributed by atoms with Gasteiger partial charge in [-0.25, -0.2) is 4.39 Å². The number of anilines is 1. The molecule has 0 aliphatic heterocycles. The topological polar surface area (TPSA) is 57.2 Å². The Morgan fingerprint density at radius 1 is 1.32 bits per heavy atom. The molecule has 0 radical (unpaired) electrons. The number of nitrogen functional groups attached to an aromatic ring is 1. The van der Waals surface area contributed by atoms with Crippen molar-refractivity contribution < 1.29 is 9.13 Å². The molecule has 2 rings (SSSR count). The average Bonchev–Trinajstić information content (AvgIpc) is 2.36. The zero-order valence-corrected chi connectivity index (χ0v) is 11.6. The Bertz CT molecular complexity index is 643. The molecule has 0 aliphatic carbocycles. The largest absolute Gasteiger partial charge is 0.491 e. The highest BCUT2D eigenvalue weighted by atomic mass is 79.9. The Labute approximate surface area is 117 Å². The molecule has 0 unspecified atom stereocenters. The molecule has 100 valence electrons. The summed E-state index contributed by atoms with van der Waals surface area (Å²) in [6.45, 7) is 0.654. The van der Waals surface area contributed by atoms with Crippen molar-refractivity contribution in [3.05, 3.63) is 57.2 Å². The van der Waals surface area contributed by atoms with Crippen LogP contribution in [0.2, 0.25) is 0 Å². The molecule has 0 saturated heterocycles. The first-order valence-electron chi connectivity index (χ1n) is 5.60. The molecule has 0 saturated carbocycles. The molecular weight excluding hydrogens is 315 g/mol. The van der Waals surface area contributed by atoms with Crippen LogP contribution in [0.4, 0.5) is 10.1 Å². The van der Waals surface area contributed by atoms with Crippen molar-refractivity contribution in [2.24, 2.45) is 0 Å². The van der Waals surface area contributed by atoms with Crippen LogP contribution in [0.5, 0.6) is 5.75 Å². The lowest BCUT2D eigenvalue weighted by Gasteiger charge is -2.10. The highest BCUT2D eigenvalue weighted by Gasteiger charge is 2.03. The van der Waals surface area contributed by atoms with Gasteiger partial charge < -0.3 is 15.0 Å². The Hall–Kier alpha value is -1.82. The van der Waals surface area contributed by atoms with Crippen LogP contribution in [0, 0.1) is 5.82 Å².